The summed E-state index contributed by atoms with van der Waals surface area (Å²) in [4.78, 5) is 0. The number of hydrogen-bond donors (Lipinski definition) is 0. The summed E-state index contributed by atoms with van der Waals surface area (Å²) in [5.41, 5.74) is 0. The highest BCUT2D eigenvalue weighted by Gasteiger charge is 2.25. The first kappa shape index (κ1) is 35.0. The zero-order valence-corrected chi connectivity index (χ0v) is 25.7. The zero-order valence-electron chi connectivity index (χ0n) is 25.7. The van der Waals surface area contributed by atoms with Crippen LogP contribution < -0.4 is 0 Å². The predicted octanol–water partition coefficient (Wildman–Crippen LogP) is 12.0. The molecule has 212 valence electrons. The highest BCUT2D eigenvalue weighted by Crippen LogP contribution is 2.21. The Morgan fingerprint density at radius 3 is 0.600 bits per heavy atom. The number of rotatable bonds is 30. The Labute approximate surface area is 225 Å². The standard InChI is InChI=1S/C34H72N/c1-5-9-13-17-21-22-26-30-34-35(31-27-23-18-14-10-6-2,32-28-24-19-15-11-7-3)33-29-25-20-16-12-8-4/h5-34H2,1-4H3/q+1. The van der Waals surface area contributed by atoms with Crippen LogP contribution in [0.15, 0.2) is 0 Å². The van der Waals surface area contributed by atoms with Crippen molar-refractivity contribution in [3.8, 4) is 0 Å². The highest BCUT2D eigenvalue weighted by atomic mass is 15.3. The lowest BCUT2D eigenvalue weighted by Crippen LogP contribution is -2.50. The number of nitrogens with zero attached hydrogens (tertiary/aromatic N) is 1. The molecule has 0 aliphatic rings. The lowest BCUT2D eigenvalue weighted by molar-refractivity contribution is -0.929. The second kappa shape index (κ2) is 28.5. The molecule has 0 aliphatic carbocycles. The van der Waals surface area contributed by atoms with Crippen molar-refractivity contribution in [1.82, 2.24) is 0 Å². The molecule has 0 radical (unpaired) electrons. The van der Waals surface area contributed by atoms with Crippen LogP contribution in [0, 0.1) is 0 Å². The minimum absolute atomic E-state index is 1.37. The fraction of sp³-hybridized carbons (Fsp3) is 1.00. The SMILES string of the molecule is CCCCCCCCCC[N+](CCCCCCCC)(CCCCCCCC)CCCCCCCC. The third-order valence-electron chi connectivity index (χ3n) is 8.44. The maximum absolute atomic E-state index is 2.34. The summed E-state index contributed by atoms with van der Waals surface area (Å²) in [5.74, 6) is 0. The van der Waals surface area contributed by atoms with Gasteiger partial charge in [0.05, 0.1) is 26.2 Å². The molecule has 0 amide bonds. The Morgan fingerprint density at radius 2 is 0.400 bits per heavy atom. The Morgan fingerprint density at radius 1 is 0.229 bits per heavy atom. The molecular weight excluding hydrogens is 422 g/mol. The lowest BCUT2D eigenvalue weighted by atomic mass is 10.0. The molecule has 0 spiro atoms. The van der Waals surface area contributed by atoms with E-state index in [1.165, 1.54) is 198 Å². The van der Waals surface area contributed by atoms with Crippen LogP contribution in [0.1, 0.15) is 195 Å². The second-order valence-electron chi connectivity index (χ2n) is 12.0. The van der Waals surface area contributed by atoms with Gasteiger partial charge in [0.2, 0.25) is 0 Å². The molecule has 0 heterocycles. The largest absolute Gasteiger partial charge is 0.324 e. The summed E-state index contributed by atoms with van der Waals surface area (Å²) in [6.45, 7) is 15.3. The molecule has 0 saturated heterocycles. The summed E-state index contributed by atoms with van der Waals surface area (Å²) < 4.78 is 1.48. The van der Waals surface area contributed by atoms with Crippen LogP contribution in [-0.2, 0) is 0 Å². The van der Waals surface area contributed by atoms with Gasteiger partial charge in [0, 0.05) is 0 Å². The van der Waals surface area contributed by atoms with Crippen molar-refractivity contribution in [3.63, 3.8) is 0 Å². The molecule has 0 N–H and O–H groups in total. The normalized spacial score (nSPS) is 12.0. The average molecular weight is 495 g/mol. The van der Waals surface area contributed by atoms with Gasteiger partial charge in [-0.1, -0.05) is 143 Å². The van der Waals surface area contributed by atoms with E-state index >= 15 is 0 Å². The first-order chi connectivity index (χ1) is 17.2. The van der Waals surface area contributed by atoms with Gasteiger partial charge in [0.25, 0.3) is 0 Å². The zero-order chi connectivity index (χ0) is 25.7. The number of hydrogen-bond acceptors (Lipinski definition) is 0. The van der Waals surface area contributed by atoms with Gasteiger partial charge in [-0.15, -0.1) is 0 Å². The van der Waals surface area contributed by atoms with Gasteiger partial charge >= 0.3 is 0 Å². The van der Waals surface area contributed by atoms with Crippen molar-refractivity contribution in [2.45, 2.75) is 195 Å². The molecule has 0 fully saturated rings. The summed E-state index contributed by atoms with van der Waals surface area (Å²) in [6, 6.07) is 0. The van der Waals surface area contributed by atoms with Crippen LogP contribution in [0.5, 0.6) is 0 Å². The number of unbranched alkanes of at least 4 members (excludes halogenated alkanes) is 22. The van der Waals surface area contributed by atoms with Crippen molar-refractivity contribution >= 4 is 0 Å². The van der Waals surface area contributed by atoms with Gasteiger partial charge in [-0.2, -0.15) is 0 Å². The van der Waals surface area contributed by atoms with Gasteiger partial charge in [0.1, 0.15) is 0 Å². The van der Waals surface area contributed by atoms with E-state index in [1.807, 2.05) is 0 Å². The molecule has 0 aromatic carbocycles. The van der Waals surface area contributed by atoms with Crippen molar-refractivity contribution in [1.29, 1.82) is 0 Å². The van der Waals surface area contributed by atoms with Crippen molar-refractivity contribution in [2.75, 3.05) is 26.2 Å². The Kier molecular flexibility index (Phi) is 28.5. The van der Waals surface area contributed by atoms with Crippen molar-refractivity contribution < 1.29 is 4.48 Å². The Hall–Kier alpha value is -0.0400. The summed E-state index contributed by atoms with van der Waals surface area (Å²) >= 11 is 0. The van der Waals surface area contributed by atoms with E-state index in [2.05, 4.69) is 27.7 Å². The molecular formula is C34H72N+. The van der Waals surface area contributed by atoms with Crippen molar-refractivity contribution in [2.24, 2.45) is 0 Å². The predicted molar refractivity (Wildman–Crippen MR) is 162 cm³/mol. The van der Waals surface area contributed by atoms with Crippen LogP contribution in [0.25, 0.3) is 0 Å². The van der Waals surface area contributed by atoms with Crippen molar-refractivity contribution in [3.05, 3.63) is 0 Å². The first-order valence-corrected chi connectivity index (χ1v) is 17.1. The van der Waals surface area contributed by atoms with Crippen LogP contribution in [0.3, 0.4) is 0 Å². The molecule has 0 rings (SSSR count). The van der Waals surface area contributed by atoms with Crippen LogP contribution in [0.4, 0.5) is 0 Å². The molecule has 0 aromatic heterocycles. The molecule has 0 unspecified atom stereocenters. The van der Waals surface area contributed by atoms with Crippen LogP contribution >= 0.6 is 0 Å². The lowest BCUT2D eigenvalue weighted by Gasteiger charge is -2.40. The fourth-order valence-corrected chi connectivity index (χ4v) is 5.93. The van der Waals surface area contributed by atoms with Crippen LogP contribution in [0.2, 0.25) is 0 Å². The molecule has 1 heteroatoms. The molecule has 0 aromatic rings. The van der Waals surface area contributed by atoms with E-state index in [1.54, 1.807) is 0 Å². The number of quaternary nitrogens is 1. The minimum Gasteiger partial charge on any atom is -0.324 e. The highest BCUT2D eigenvalue weighted by molar-refractivity contribution is 4.55. The molecule has 0 atom stereocenters. The summed E-state index contributed by atoms with van der Waals surface area (Å²) in [7, 11) is 0. The molecule has 0 aliphatic heterocycles. The van der Waals surface area contributed by atoms with Gasteiger partial charge < -0.3 is 4.48 Å². The maximum Gasteiger partial charge on any atom is 0.0786 e. The topological polar surface area (TPSA) is 0 Å². The fourth-order valence-electron chi connectivity index (χ4n) is 5.93. The van der Waals surface area contributed by atoms with E-state index in [0.29, 0.717) is 0 Å². The van der Waals surface area contributed by atoms with E-state index in [0.717, 1.165) is 0 Å². The Bertz CT molecular complexity index is 336. The van der Waals surface area contributed by atoms with Gasteiger partial charge in [0.15, 0.2) is 0 Å². The van der Waals surface area contributed by atoms with E-state index in [4.69, 9.17) is 0 Å². The molecule has 0 bridgehead atoms. The Balaban J connectivity index is 4.74. The third-order valence-corrected chi connectivity index (χ3v) is 8.44. The van der Waals surface area contributed by atoms with E-state index < -0.39 is 0 Å². The second-order valence-corrected chi connectivity index (χ2v) is 12.0. The maximum atomic E-state index is 2.34. The molecule has 35 heavy (non-hydrogen) atoms. The van der Waals surface area contributed by atoms with Gasteiger partial charge in [-0.3, -0.25) is 0 Å². The third kappa shape index (κ3) is 24.1. The van der Waals surface area contributed by atoms with Crippen LogP contribution in [-0.4, -0.2) is 30.7 Å². The summed E-state index contributed by atoms with van der Waals surface area (Å²) in [6.07, 6.45) is 37.8. The van der Waals surface area contributed by atoms with Gasteiger partial charge in [-0.05, 0) is 51.4 Å². The summed E-state index contributed by atoms with van der Waals surface area (Å²) in [5, 5.41) is 0. The smallest absolute Gasteiger partial charge is 0.0786 e. The van der Waals surface area contributed by atoms with Gasteiger partial charge in [-0.25, -0.2) is 0 Å². The molecule has 1 nitrogen and oxygen atoms in total. The van der Waals surface area contributed by atoms with E-state index in [-0.39, 0.29) is 0 Å². The first-order valence-electron chi connectivity index (χ1n) is 17.1. The minimum atomic E-state index is 1.37. The molecule has 0 saturated carbocycles. The van der Waals surface area contributed by atoms with E-state index in [9.17, 15) is 0 Å². The average Bonchev–Trinajstić information content (AvgIpc) is 2.87. The monoisotopic (exact) mass is 495 g/mol. The quantitative estimate of drug-likeness (QED) is 0.0687.